The van der Waals surface area contributed by atoms with Gasteiger partial charge in [0.1, 0.15) is 6.07 Å². The summed E-state index contributed by atoms with van der Waals surface area (Å²) in [5, 5.41) is 23.1. The number of rotatable bonds is 4. The van der Waals surface area contributed by atoms with Crippen LogP contribution in [0.2, 0.25) is 0 Å². The summed E-state index contributed by atoms with van der Waals surface area (Å²) in [7, 11) is 0. The van der Waals surface area contributed by atoms with Crippen LogP contribution in [0.3, 0.4) is 0 Å². The number of hydrogen-bond acceptors (Lipinski definition) is 7. The minimum atomic E-state index is 0.460. The zero-order valence-corrected chi connectivity index (χ0v) is 9.21. The van der Waals surface area contributed by atoms with Crippen molar-refractivity contribution in [3.63, 3.8) is 0 Å². The molecule has 0 spiro atoms. The average Bonchev–Trinajstić information content (AvgIpc) is 2.76. The normalized spacial score (nSPS) is 9.88. The fourth-order valence-electron chi connectivity index (χ4n) is 1.28. The third-order valence-corrected chi connectivity index (χ3v) is 2.04. The van der Waals surface area contributed by atoms with Gasteiger partial charge >= 0.3 is 0 Å². The molecule has 2 aromatic heterocycles. The Bertz CT molecular complexity index is 544. The molecule has 0 radical (unpaired) electrons. The Labute approximate surface area is 97.5 Å². The molecule has 17 heavy (non-hydrogen) atoms. The van der Waals surface area contributed by atoms with E-state index < -0.39 is 0 Å². The van der Waals surface area contributed by atoms with E-state index in [1.54, 1.807) is 13.0 Å². The summed E-state index contributed by atoms with van der Waals surface area (Å²) in [6.45, 7) is 2.31. The summed E-state index contributed by atoms with van der Waals surface area (Å²) in [4.78, 5) is 4.07. The van der Waals surface area contributed by atoms with E-state index in [1.165, 1.54) is 6.20 Å². The Kier molecular flexibility index (Phi) is 3.25. The molecule has 7 nitrogen and oxygen atoms in total. The maximum Gasteiger partial charge on any atom is 0.228 e. The van der Waals surface area contributed by atoms with E-state index in [-0.39, 0.29) is 0 Å². The van der Waals surface area contributed by atoms with Crippen LogP contribution in [0.5, 0.6) is 0 Å². The van der Waals surface area contributed by atoms with E-state index >= 15 is 0 Å². The first-order valence-electron chi connectivity index (χ1n) is 5.04. The Balaban J connectivity index is 1.92. The lowest BCUT2D eigenvalue weighted by atomic mass is 10.3. The van der Waals surface area contributed by atoms with Gasteiger partial charge in [-0.2, -0.15) is 15.3 Å². The number of aromatic nitrogens is 4. The predicted molar refractivity (Wildman–Crippen MR) is 58.0 cm³/mol. The summed E-state index contributed by atoms with van der Waals surface area (Å²) in [6.07, 6.45) is 2.05. The minimum Gasteiger partial charge on any atom is -0.367 e. The Morgan fingerprint density at radius 1 is 1.53 bits per heavy atom. The monoisotopic (exact) mass is 230 g/mol. The molecule has 0 aromatic carbocycles. The van der Waals surface area contributed by atoms with Gasteiger partial charge in [-0.3, -0.25) is 0 Å². The number of hydrogen-bond donors (Lipinski definition) is 1. The van der Waals surface area contributed by atoms with Crippen molar-refractivity contribution in [1.29, 1.82) is 5.26 Å². The van der Waals surface area contributed by atoms with Crippen LogP contribution >= 0.6 is 0 Å². The van der Waals surface area contributed by atoms with E-state index in [2.05, 4.69) is 25.7 Å². The Morgan fingerprint density at radius 2 is 2.41 bits per heavy atom. The molecule has 2 aromatic rings. The maximum absolute atomic E-state index is 8.84. The molecule has 0 aliphatic carbocycles. The molecular weight excluding hydrogens is 220 g/mol. The second-order valence-corrected chi connectivity index (χ2v) is 3.32. The molecule has 7 heteroatoms. The lowest BCUT2D eigenvalue weighted by Crippen LogP contribution is -2.08. The molecular formula is C10H10N6O. The van der Waals surface area contributed by atoms with Crippen LogP contribution in [0.1, 0.15) is 17.3 Å². The fourth-order valence-corrected chi connectivity index (χ4v) is 1.28. The highest BCUT2D eigenvalue weighted by molar-refractivity contribution is 5.49. The average molecular weight is 230 g/mol. The maximum atomic E-state index is 8.84. The second-order valence-electron chi connectivity index (χ2n) is 3.32. The molecule has 0 saturated carbocycles. The van der Waals surface area contributed by atoms with Crippen molar-refractivity contribution in [3.05, 3.63) is 29.5 Å². The summed E-state index contributed by atoms with van der Waals surface area (Å²) in [5.74, 6) is 1.63. The van der Waals surface area contributed by atoms with E-state index in [0.29, 0.717) is 36.1 Å². The molecule has 2 rings (SSSR count). The van der Waals surface area contributed by atoms with Crippen LogP contribution < -0.4 is 5.32 Å². The molecule has 0 aliphatic heterocycles. The lowest BCUT2D eigenvalue weighted by Gasteiger charge is -2.03. The summed E-state index contributed by atoms with van der Waals surface area (Å²) >= 11 is 0. The van der Waals surface area contributed by atoms with Crippen LogP contribution in [-0.4, -0.2) is 26.9 Å². The molecule has 0 aliphatic rings. The van der Waals surface area contributed by atoms with Gasteiger partial charge in [-0.15, -0.1) is 5.10 Å². The van der Waals surface area contributed by atoms with Gasteiger partial charge in [-0.1, -0.05) is 5.16 Å². The summed E-state index contributed by atoms with van der Waals surface area (Å²) in [5.41, 5.74) is 0.460. The molecule has 0 amide bonds. The number of nitriles is 1. The largest absolute Gasteiger partial charge is 0.367 e. The van der Waals surface area contributed by atoms with Crippen LogP contribution in [0.25, 0.3) is 0 Å². The second kappa shape index (κ2) is 5.03. The van der Waals surface area contributed by atoms with Crippen LogP contribution in [0.4, 0.5) is 5.82 Å². The van der Waals surface area contributed by atoms with Gasteiger partial charge in [0.25, 0.3) is 0 Å². The predicted octanol–water partition coefficient (Wildman–Crippen LogP) is 0.694. The van der Waals surface area contributed by atoms with Crippen molar-refractivity contribution < 1.29 is 4.52 Å². The fraction of sp³-hybridized carbons (Fsp3) is 0.300. The van der Waals surface area contributed by atoms with Gasteiger partial charge in [-0.05, 0) is 13.0 Å². The molecule has 0 atom stereocenters. The van der Waals surface area contributed by atoms with Gasteiger partial charge < -0.3 is 9.84 Å². The molecule has 0 saturated heterocycles. The lowest BCUT2D eigenvalue weighted by molar-refractivity contribution is 0.377. The minimum absolute atomic E-state index is 0.460. The zero-order chi connectivity index (χ0) is 12.1. The summed E-state index contributed by atoms with van der Waals surface area (Å²) in [6, 6.07) is 3.64. The van der Waals surface area contributed by atoms with Crippen molar-refractivity contribution in [3.8, 4) is 6.07 Å². The number of nitrogens with one attached hydrogen (secondary N) is 1. The van der Waals surface area contributed by atoms with Gasteiger partial charge in [0.05, 0.1) is 11.8 Å². The quantitative estimate of drug-likeness (QED) is 0.824. The van der Waals surface area contributed by atoms with E-state index in [0.717, 1.165) is 0 Å². The highest BCUT2D eigenvalue weighted by Crippen LogP contribution is 2.08. The van der Waals surface area contributed by atoms with Crippen molar-refractivity contribution in [2.24, 2.45) is 0 Å². The van der Waals surface area contributed by atoms with Gasteiger partial charge in [0, 0.05) is 13.0 Å². The van der Waals surface area contributed by atoms with Crippen molar-refractivity contribution >= 4 is 5.82 Å². The first-order valence-corrected chi connectivity index (χ1v) is 5.04. The molecule has 86 valence electrons. The van der Waals surface area contributed by atoms with Crippen molar-refractivity contribution in [2.45, 2.75) is 13.3 Å². The van der Waals surface area contributed by atoms with E-state index in [1.807, 2.05) is 6.07 Å². The van der Waals surface area contributed by atoms with Crippen LogP contribution in [0.15, 0.2) is 16.8 Å². The van der Waals surface area contributed by atoms with Crippen molar-refractivity contribution in [1.82, 2.24) is 20.3 Å². The molecule has 0 bridgehead atoms. The van der Waals surface area contributed by atoms with Gasteiger partial charge in [-0.25, -0.2) is 0 Å². The molecule has 0 fully saturated rings. The highest BCUT2D eigenvalue weighted by Gasteiger charge is 2.05. The smallest absolute Gasteiger partial charge is 0.228 e. The van der Waals surface area contributed by atoms with E-state index in [4.69, 9.17) is 9.78 Å². The van der Waals surface area contributed by atoms with Crippen LogP contribution in [0, 0.1) is 18.3 Å². The van der Waals surface area contributed by atoms with Gasteiger partial charge in [0.2, 0.25) is 5.89 Å². The Morgan fingerprint density at radius 3 is 3.12 bits per heavy atom. The third kappa shape index (κ3) is 2.75. The van der Waals surface area contributed by atoms with Crippen LogP contribution in [-0.2, 0) is 6.42 Å². The zero-order valence-electron chi connectivity index (χ0n) is 9.21. The highest BCUT2D eigenvalue weighted by atomic mass is 16.5. The van der Waals surface area contributed by atoms with Crippen molar-refractivity contribution in [2.75, 3.05) is 11.9 Å². The van der Waals surface area contributed by atoms with Gasteiger partial charge in [0.15, 0.2) is 11.6 Å². The number of nitrogens with zero attached hydrogens (tertiary/aromatic N) is 5. The number of anilines is 1. The Hall–Kier alpha value is -2.49. The molecule has 2 heterocycles. The summed E-state index contributed by atoms with van der Waals surface area (Å²) < 4.78 is 4.96. The molecule has 0 unspecified atom stereocenters. The number of aryl methyl sites for hydroxylation is 1. The SMILES string of the molecule is Cc1noc(CCNc2nnccc2C#N)n1. The first kappa shape index (κ1) is 11.0. The topological polar surface area (TPSA) is 101 Å². The van der Waals surface area contributed by atoms with E-state index in [9.17, 15) is 0 Å². The standard InChI is InChI=1S/C10H10N6O/c1-7-14-9(17-16-7)3-4-12-10-8(6-11)2-5-13-15-10/h2,5H,3-4H2,1H3,(H,12,15). The molecule has 1 N–H and O–H groups in total. The third-order valence-electron chi connectivity index (χ3n) is 2.04. The first-order chi connectivity index (χ1) is 8.29.